The Kier molecular flexibility index (Phi) is 9.81. The van der Waals surface area contributed by atoms with Gasteiger partial charge >= 0.3 is 6.03 Å². The molecule has 4 rings (SSSR count). The fraction of sp³-hybridized carbons (Fsp3) is 0.200. The van der Waals surface area contributed by atoms with Crippen LogP contribution < -0.4 is 34.5 Å². The maximum Gasteiger partial charge on any atom is 0.335 e. The average Bonchev–Trinajstić information content (AvgIpc) is 2.98. The van der Waals surface area contributed by atoms with E-state index in [4.69, 9.17) is 18.9 Å². The Hall–Kier alpha value is -4.84. The van der Waals surface area contributed by atoms with Gasteiger partial charge < -0.3 is 24.3 Å². The monoisotopic (exact) mass is 637 g/mol. The van der Waals surface area contributed by atoms with Crippen molar-refractivity contribution in [3.63, 3.8) is 0 Å². The van der Waals surface area contributed by atoms with Crippen molar-refractivity contribution in [2.24, 2.45) is 0 Å². The highest BCUT2D eigenvalue weighted by Crippen LogP contribution is 2.34. The molecule has 5 amide bonds. The van der Waals surface area contributed by atoms with Crippen LogP contribution >= 0.6 is 15.9 Å². The Morgan fingerprint density at radius 2 is 1.67 bits per heavy atom. The SMILES string of the molecule is CCCOc1ccc(N2C(=O)NC(=O)/C(=C/c3cc(Br)ccc3OCC(=O)Nc3ccc(OC)cc3)C2=O)cc1OC. The van der Waals surface area contributed by atoms with E-state index in [1.807, 2.05) is 6.92 Å². The topological polar surface area (TPSA) is 132 Å². The van der Waals surface area contributed by atoms with Crippen molar-refractivity contribution in [1.29, 1.82) is 0 Å². The molecule has 3 aromatic carbocycles. The number of imide groups is 2. The third kappa shape index (κ3) is 7.07. The number of hydrogen-bond acceptors (Lipinski definition) is 8. The van der Waals surface area contributed by atoms with Crippen LogP contribution in [0.15, 0.2) is 70.7 Å². The molecule has 0 saturated carbocycles. The molecule has 0 aromatic heterocycles. The molecule has 0 aliphatic carbocycles. The van der Waals surface area contributed by atoms with Gasteiger partial charge in [-0.15, -0.1) is 0 Å². The first-order valence-corrected chi connectivity index (χ1v) is 13.6. The number of carbonyl (C=O) groups is 4. The first-order valence-electron chi connectivity index (χ1n) is 12.8. The van der Waals surface area contributed by atoms with Crippen LogP contribution in [-0.2, 0) is 14.4 Å². The van der Waals surface area contributed by atoms with E-state index in [0.717, 1.165) is 11.3 Å². The van der Waals surface area contributed by atoms with Gasteiger partial charge in [-0.1, -0.05) is 22.9 Å². The normalized spacial score (nSPS) is 14.0. The summed E-state index contributed by atoms with van der Waals surface area (Å²) in [5, 5.41) is 4.91. The second-order valence-electron chi connectivity index (χ2n) is 8.89. The molecular formula is C30H28BrN3O8. The minimum atomic E-state index is -0.910. The summed E-state index contributed by atoms with van der Waals surface area (Å²) in [5.41, 5.74) is 0.747. The van der Waals surface area contributed by atoms with Crippen LogP contribution in [0.5, 0.6) is 23.0 Å². The van der Waals surface area contributed by atoms with Crippen molar-refractivity contribution < 1.29 is 38.1 Å². The Morgan fingerprint density at radius 3 is 2.36 bits per heavy atom. The van der Waals surface area contributed by atoms with Crippen LogP contribution in [0.1, 0.15) is 18.9 Å². The molecule has 0 spiro atoms. The molecule has 0 unspecified atom stereocenters. The maximum atomic E-state index is 13.5. The molecule has 2 N–H and O–H groups in total. The molecule has 11 nitrogen and oxygen atoms in total. The highest BCUT2D eigenvalue weighted by molar-refractivity contribution is 9.10. The molecule has 1 saturated heterocycles. The van der Waals surface area contributed by atoms with Gasteiger partial charge in [0.2, 0.25) is 0 Å². The van der Waals surface area contributed by atoms with Crippen molar-refractivity contribution in [2.45, 2.75) is 13.3 Å². The summed E-state index contributed by atoms with van der Waals surface area (Å²) >= 11 is 3.38. The number of rotatable bonds is 11. The van der Waals surface area contributed by atoms with E-state index >= 15 is 0 Å². The molecule has 1 heterocycles. The number of halogens is 1. The smallest absolute Gasteiger partial charge is 0.335 e. The quantitative estimate of drug-likeness (QED) is 0.223. The Balaban J connectivity index is 1.57. The average molecular weight is 638 g/mol. The van der Waals surface area contributed by atoms with Crippen LogP contribution in [0.3, 0.4) is 0 Å². The van der Waals surface area contributed by atoms with Gasteiger partial charge in [-0.25, -0.2) is 9.69 Å². The van der Waals surface area contributed by atoms with Crippen molar-refractivity contribution in [3.05, 3.63) is 76.3 Å². The van der Waals surface area contributed by atoms with Crippen LogP contribution in [0.4, 0.5) is 16.2 Å². The standard InChI is InChI=1S/C30H28BrN3O8/c1-4-13-41-25-12-8-21(16-26(25)40-3)34-29(37)23(28(36)33-30(34)38)15-18-14-19(31)5-11-24(18)42-17-27(35)32-20-6-9-22(39-2)10-7-20/h5-12,14-16H,4,13,17H2,1-3H3,(H,32,35)(H,33,36,38)/b23-15-. The lowest BCUT2D eigenvalue weighted by atomic mass is 10.1. The zero-order valence-corrected chi connectivity index (χ0v) is 24.6. The van der Waals surface area contributed by atoms with E-state index in [9.17, 15) is 19.2 Å². The Labute approximate surface area is 250 Å². The minimum absolute atomic E-state index is 0.178. The molecule has 218 valence electrons. The zero-order valence-electron chi connectivity index (χ0n) is 23.1. The number of urea groups is 1. The summed E-state index contributed by atoms with van der Waals surface area (Å²) in [6.07, 6.45) is 2.08. The molecular weight excluding hydrogens is 610 g/mol. The second kappa shape index (κ2) is 13.7. The highest BCUT2D eigenvalue weighted by Gasteiger charge is 2.37. The number of methoxy groups -OCH3 is 2. The maximum absolute atomic E-state index is 13.5. The van der Waals surface area contributed by atoms with E-state index in [1.54, 1.807) is 55.6 Å². The first kappa shape index (κ1) is 30.1. The number of nitrogens with zero attached hydrogens (tertiary/aromatic N) is 1. The Bertz CT molecular complexity index is 1540. The number of carbonyl (C=O) groups excluding carboxylic acids is 4. The number of anilines is 2. The summed E-state index contributed by atoms with van der Waals surface area (Å²) in [4.78, 5) is 52.4. The van der Waals surface area contributed by atoms with Gasteiger partial charge in [-0.2, -0.15) is 0 Å². The lowest BCUT2D eigenvalue weighted by molar-refractivity contribution is -0.122. The van der Waals surface area contributed by atoms with Crippen LogP contribution in [0.25, 0.3) is 6.08 Å². The van der Waals surface area contributed by atoms with Crippen LogP contribution in [0, 0.1) is 0 Å². The van der Waals surface area contributed by atoms with Gasteiger partial charge in [0.25, 0.3) is 17.7 Å². The van der Waals surface area contributed by atoms with Crippen molar-refractivity contribution >= 4 is 57.1 Å². The zero-order chi connectivity index (χ0) is 30.2. The molecule has 0 radical (unpaired) electrons. The molecule has 1 aliphatic heterocycles. The number of nitrogens with one attached hydrogen (secondary N) is 2. The number of hydrogen-bond donors (Lipinski definition) is 2. The molecule has 42 heavy (non-hydrogen) atoms. The van der Waals surface area contributed by atoms with E-state index in [2.05, 4.69) is 26.6 Å². The summed E-state index contributed by atoms with van der Waals surface area (Å²) in [6.45, 7) is 2.07. The first-order chi connectivity index (χ1) is 20.2. The van der Waals surface area contributed by atoms with E-state index < -0.39 is 23.8 Å². The largest absolute Gasteiger partial charge is 0.497 e. The van der Waals surface area contributed by atoms with Crippen molar-refractivity contribution in [3.8, 4) is 23.0 Å². The second-order valence-corrected chi connectivity index (χ2v) is 9.80. The number of ether oxygens (including phenoxy) is 4. The van der Waals surface area contributed by atoms with Crippen molar-refractivity contribution in [1.82, 2.24) is 5.32 Å². The molecule has 0 atom stereocenters. The highest BCUT2D eigenvalue weighted by atomic mass is 79.9. The summed E-state index contributed by atoms with van der Waals surface area (Å²) in [5.74, 6) is -0.499. The van der Waals surface area contributed by atoms with Crippen LogP contribution in [-0.4, -0.2) is 51.2 Å². The van der Waals surface area contributed by atoms with Gasteiger partial charge in [0, 0.05) is 21.8 Å². The number of benzene rings is 3. The van der Waals surface area contributed by atoms with Gasteiger partial charge in [0.15, 0.2) is 18.1 Å². The lowest BCUT2D eigenvalue weighted by Gasteiger charge is -2.27. The van der Waals surface area contributed by atoms with E-state index in [1.165, 1.54) is 25.3 Å². The predicted octanol–water partition coefficient (Wildman–Crippen LogP) is 4.94. The molecule has 12 heteroatoms. The number of amides is 5. The lowest BCUT2D eigenvalue weighted by Crippen LogP contribution is -2.54. The fourth-order valence-electron chi connectivity index (χ4n) is 3.95. The number of barbiturate groups is 1. The summed E-state index contributed by atoms with van der Waals surface area (Å²) in [7, 11) is 2.99. The predicted molar refractivity (Wildman–Crippen MR) is 159 cm³/mol. The third-order valence-electron chi connectivity index (χ3n) is 5.97. The Morgan fingerprint density at radius 1 is 0.929 bits per heavy atom. The summed E-state index contributed by atoms with van der Waals surface area (Å²) in [6, 6.07) is 15.4. The van der Waals surface area contributed by atoms with Gasteiger partial charge in [-0.3, -0.25) is 19.7 Å². The van der Waals surface area contributed by atoms with Gasteiger partial charge in [0.05, 0.1) is 26.5 Å². The third-order valence-corrected chi connectivity index (χ3v) is 6.47. The van der Waals surface area contributed by atoms with E-state index in [0.29, 0.717) is 39.6 Å². The van der Waals surface area contributed by atoms with E-state index in [-0.39, 0.29) is 23.6 Å². The molecule has 1 fully saturated rings. The van der Waals surface area contributed by atoms with Gasteiger partial charge in [-0.05, 0) is 67.1 Å². The van der Waals surface area contributed by atoms with Crippen molar-refractivity contribution in [2.75, 3.05) is 37.7 Å². The van der Waals surface area contributed by atoms with Gasteiger partial charge in [0.1, 0.15) is 17.1 Å². The molecule has 1 aliphatic rings. The molecule has 0 bridgehead atoms. The minimum Gasteiger partial charge on any atom is -0.497 e. The molecule has 3 aromatic rings. The summed E-state index contributed by atoms with van der Waals surface area (Å²) < 4.78 is 22.5. The van der Waals surface area contributed by atoms with Crippen LogP contribution in [0.2, 0.25) is 0 Å². The fourth-order valence-corrected chi connectivity index (χ4v) is 4.33.